The second kappa shape index (κ2) is 10.7. The number of nitriles is 1. The Hall–Kier alpha value is -3.41. The number of nitrogens with zero attached hydrogens (tertiary/aromatic N) is 4. The number of carbonyl (C=O) groups excluding carboxylic acids is 1. The first-order valence-electron chi connectivity index (χ1n) is 11.1. The Kier molecular flexibility index (Phi) is 7.92. The predicted octanol–water partition coefficient (Wildman–Crippen LogP) is 3.68. The highest BCUT2D eigenvalue weighted by atomic mass is 35.5. The van der Waals surface area contributed by atoms with Crippen molar-refractivity contribution in [1.29, 1.82) is 5.26 Å². The van der Waals surface area contributed by atoms with E-state index in [0.29, 0.717) is 41.7 Å². The second-order valence-corrected chi connectivity index (χ2v) is 8.37. The molecule has 2 heterocycles. The van der Waals surface area contributed by atoms with Gasteiger partial charge in [0.05, 0.1) is 18.2 Å². The Balaban J connectivity index is 0.00000324. The Morgan fingerprint density at radius 3 is 2.74 bits per heavy atom. The van der Waals surface area contributed by atoms with E-state index < -0.39 is 0 Å². The van der Waals surface area contributed by atoms with E-state index >= 15 is 0 Å². The Morgan fingerprint density at radius 2 is 2.03 bits per heavy atom. The third-order valence-corrected chi connectivity index (χ3v) is 5.88. The highest BCUT2D eigenvalue weighted by Crippen LogP contribution is 2.31. The maximum atomic E-state index is 12.0. The minimum Gasteiger partial charge on any atom is -0.490 e. The molecule has 0 fully saturated rings. The van der Waals surface area contributed by atoms with Crippen LogP contribution in [0.1, 0.15) is 36.1 Å². The van der Waals surface area contributed by atoms with Crippen molar-refractivity contribution in [2.75, 3.05) is 19.6 Å². The average molecular weight is 482 g/mol. The lowest BCUT2D eigenvalue weighted by Gasteiger charge is -2.19. The van der Waals surface area contributed by atoms with Crippen molar-refractivity contribution in [3.05, 3.63) is 52.6 Å². The van der Waals surface area contributed by atoms with Crippen molar-refractivity contribution in [3.8, 4) is 34.7 Å². The highest BCUT2D eigenvalue weighted by molar-refractivity contribution is 5.85. The number of halogens is 1. The van der Waals surface area contributed by atoms with Crippen LogP contribution in [0.15, 0.2) is 34.9 Å². The van der Waals surface area contributed by atoms with Crippen molar-refractivity contribution >= 4 is 18.3 Å². The molecule has 3 aromatic rings. The van der Waals surface area contributed by atoms with E-state index in [1.54, 1.807) is 12.1 Å². The van der Waals surface area contributed by atoms with Crippen LogP contribution in [-0.4, -0.2) is 46.7 Å². The number of hydrogen-bond acceptors (Lipinski definition) is 7. The summed E-state index contributed by atoms with van der Waals surface area (Å²) < 4.78 is 11.2. The van der Waals surface area contributed by atoms with E-state index in [-0.39, 0.29) is 31.0 Å². The van der Waals surface area contributed by atoms with E-state index in [0.717, 1.165) is 24.0 Å². The van der Waals surface area contributed by atoms with Gasteiger partial charge >= 0.3 is 0 Å². The van der Waals surface area contributed by atoms with Crippen LogP contribution in [-0.2, 0) is 17.6 Å². The predicted molar refractivity (Wildman–Crippen MR) is 131 cm³/mol. The zero-order valence-corrected chi connectivity index (χ0v) is 20.3. The first-order chi connectivity index (χ1) is 15.9. The van der Waals surface area contributed by atoms with Gasteiger partial charge < -0.3 is 19.9 Å². The molecule has 8 nitrogen and oxygen atoms in total. The van der Waals surface area contributed by atoms with Gasteiger partial charge in [0.1, 0.15) is 11.8 Å². The standard InChI is InChI=1S/C25H27N5O3.ClH/c1-15(2)32-22-7-5-18(12-19(22)13-26)25-28-24(29-33-25)21-6-4-17-8-10-30(23(31)14-27)11-9-20(17)16(21)3;/h4-7,12,15H,8-11,14,27H2,1-3H3;1H. The fourth-order valence-electron chi connectivity index (χ4n) is 4.19. The summed E-state index contributed by atoms with van der Waals surface area (Å²) in [4.78, 5) is 18.5. The zero-order chi connectivity index (χ0) is 23.5. The van der Waals surface area contributed by atoms with Crippen LogP contribution in [0.25, 0.3) is 22.8 Å². The molecule has 1 aliphatic heterocycles. The zero-order valence-electron chi connectivity index (χ0n) is 19.5. The molecule has 1 aromatic heterocycles. The SMILES string of the molecule is Cc1c(-c2noc(-c3ccc(OC(C)C)c(C#N)c3)n2)ccc2c1CCN(C(=O)CN)CC2.Cl. The lowest BCUT2D eigenvalue weighted by Crippen LogP contribution is -2.37. The summed E-state index contributed by atoms with van der Waals surface area (Å²) in [5.74, 6) is 1.34. The highest BCUT2D eigenvalue weighted by Gasteiger charge is 2.22. The van der Waals surface area contributed by atoms with E-state index in [9.17, 15) is 10.1 Å². The van der Waals surface area contributed by atoms with Crippen molar-refractivity contribution < 1.29 is 14.1 Å². The first kappa shape index (κ1) is 25.2. The molecular formula is C25H28ClN5O3. The molecule has 178 valence electrons. The van der Waals surface area contributed by atoms with Crippen molar-refractivity contribution in [1.82, 2.24) is 15.0 Å². The molecule has 9 heteroatoms. The number of benzene rings is 2. The monoisotopic (exact) mass is 481 g/mol. The molecule has 0 aliphatic carbocycles. The van der Waals surface area contributed by atoms with Gasteiger partial charge in [-0.2, -0.15) is 10.2 Å². The summed E-state index contributed by atoms with van der Waals surface area (Å²) in [5.41, 5.74) is 11.0. The van der Waals surface area contributed by atoms with Gasteiger partial charge in [-0.1, -0.05) is 17.3 Å². The summed E-state index contributed by atoms with van der Waals surface area (Å²) in [7, 11) is 0. The van der Waals surface area contributed by atoms with E-state index in [1.165, 1.54) is 11.1 Å². The minimum absolute atomic E-state index is 0. The lowest BCUT2D eigenvalue weighted by molar-refractivity contribution is -0.129. The molecule has 0 radical (unpaired) electrons. The topological polar surface area (TPSA) is 118 Å². The Labute approximate surface area is 205 Å². The maximum Gasteiger partial charge on any atom is 0.258 e. The summed E-state index contributed by atoms with van der Waals surface area (Å²) >= 11 is 0. The number of ether oxygens (including phenoxy) is 1. The number of aromatic nitrogens is 2. The molecule has 2 aromatic carbocycles. The Bertz CT molecular complexity index is 1230. The quantitative estimate of drug-likeness (QED) is 0.590. The van der Waals surface area contributed by atoms with Crippen LogP contribution in [0, 0.1) is 18.3 Å². The van der Waals surface area contributed by atoms with Gasteiger partial charge in [0.2, 0.25) is 11.7 Å². The molecule has 4 rings (SSSR count). The van der Waals surface area contributed by atoms with Crippen molar-refractivity contribution in [3.63, 3.8) is 0 Å². The average Bonchev–Trinajstić information content (AvgIpc) is 3.18. The van der Waals surface area contributed by atoms with Gasteiger partial charge in [-0.25, -0.2) is 0 Å². The second-order valence-electron chi connectivity index (χ2n) is 8.37. The molecule has 1 amide bonds. The first-order valence-corrected chi connectivity index (χ1v) is 11.1. The van der Waals surface area contributed by atoms with Gasteiger partial charge in [0, 0.05) is 24.2 Å². The van der Waals surface area contributed by atoms with E-state index in [4.69, 9.17) is 15.0 Å². The molecule has 1 aliphatic rings. The van der Waals surface area contributed by atoms with Crippen molar-refractivity contribution in [2.45, 2.75) is 39.7 Å². The molecule has 0 atom stereocenters. The van der Waals surface area contributed by atoms with Crippen LogP contribution in [0.4, 0.5) is 0 Å². The van der Waals surface area contributed by atoms with Crippen LogP contribution in [0.3, 0.4) is 0 Å². The number of carbonyl (C=O) groups is 1. The molecule has 34 heavy (non-hydrogen) atoms. The van der Waals surface area contributed by atoms with Crippen LogP contribution < -0.4 is 10.5 Å². The molecule has 0 saturated heterocycles. The summed E-state index contributed by atoms with van der Waals surface area (Å²) in [5, 5.41) is 13.7. The van der Waals surface area contributed by atoms with Gasteiger partial charge in [0.25, 0.3) is 5.89 Å². The summed E-state index contributed by atoms with van der Waals surface area (Å²) in [6.45, 7) is 7.23. The largest absolute Gasteiger partial charge is 0.490 e. The van der Waals surface area contributed by atoms with Gasteiger partial charge in [-0.3, -0.25) is 4.79 Å². The lowest BCUT2D eigenvalue weighted by atomic mass is 9.93. The molecule has 0 spiro atoms. The molecule has 0 unspecified atom stereocenters. The van der Waals surface area contributed by atoms with E-state index in [1.807, 2.05) is 30.9 Å². The molecule has 0 saturated carbocycles. The normalized spacial score (nSPS) is 13.0. The van der Waals surface area contributed by atoms with Crippen LogP contribution in [0.5, 0.6) is 5.75 Å². The number of fused-ring (bicyclic) bond motifs is 1. The number of rotatable bonds is 5. The van der Waals surface area contributed by atoms with Gasteiger partial charge in [-0.05, 0) is 68.5 Å². The molecule has 2 N–H and O–H groups in total. The maximum absolute atomic E-state index is 12.0. The third-order valence-electron chi connectivity index (χ3n) is 5.88. The van der Waals surface area contributed by atoms with Gasteiger partial charge in [-0.15, -0.1) is 12.4 Å². The minimum atomic E-state index is -0.0327. The van der Waals surface area contributed by atoms with Crippen LogP contribution >= 0.6 is 12.4 Å². The van der Waals surface area contributed by atoms with E-state index in [2.05, 4.69) is 29.2 Å². The molecule has 0 bridgehead atoms. The fourth-order valence-corrected chi connectivity index (χ4v) is 4.19. The number of amides is 1. The third kappa shape index (κ3) is 5.06. The summed E-state index contributed by atoms with van der Waals surface area (Å²) in [6, 6.07) is 11.5. The van der Waals surface area contributed by atoms with Crippen molar-refractivity contribution in [2.24, 2.45) is 5.73 Å². The summed E-state index contributed by atoms with van der Waals surface area (Å²) in [6.07, 6.45) is 1.52. The molecular weight excluding hydrogens is 454 g/mol. The number of nitrogens with two attached hydrogens (primary N) is 1. The van der Waals surface area contributed by atoms with Gasteiger partial charge in [0.15, 0.2) is 0 Å². The fraction of sp³-hybridized carbons (Fsp3) is 0.360. The number of hydrogen-bond donors (Lipinski definition) is 1. The Morgan fingerprint density at radius 1 is 1.26 bits per heavy atom. The van der Waals surface area contributed by atoms with Crippen LogP contribution in [0.2, 0.25) is 0 Å². The smallest absolute Gasteiger partial charge is 0.258 e.